The molecule has 0 saturated carbocycles. The van der Waals surface area contributed by atoms with Crippen molar-refractivity contribution >= 4 is 23.2 Å². The predicted octanol–water partition coefficient (Wildman–Crippen LogP) is 3.66. The number of halogens is 2. The van der Waals surface area contributed by atoms with Gasteiger partial charge < -0.3 is 5.32 Å². The summed E-state index contributed by atoms with van der Waals surface area (Å²) < 4.78 is 0. The Bertz CT molecular complexity index is 422. The maximum atomic E-state index is 6.35. The Kier molecular flexibility index (Phi) is 6.09. The second kappa shape index (κ2) is 7.60. The van der Waals surface area contributed by atoms with Gasteiger partial charge in [0.25, 0.3) is 0 Å². The molecule has 0 radical (unpaired) electrons. The lowest BCUT2D eigenvalue weighted by atomic mass is 10.0. The first-order valence-electron chi connectivity index (χ1n) is 7.38. The molecule has 1 aliphatic rings. The van der Waals surface area contributed by atoms with Crippen LogP contribution >= 0.6 is 23.2 Å². The maximum absolute atomic E-state index is 6.35. The van der Waals surface area contributed by atoms with Crippen molar-refractivity contribution in [3.63, 3.8) is 0 Å². The summed E-state index contributed by atoms with van der Waals surface area (Å²) in [6, 6.07) is 2.51. The molecule has 1 aromatic rings. The zero-order valence-corrected chi connectivity index (χ0v) is 13.8. The topological polar surface area (TPSA) is 28.2 Å². The van der Waals surface area contributed by atoms with Crippen molar-refractivity contribution in [2.75, 3.05) is 19.6 Å². The lowest BCUT2D eigenvalue weighted by Gasteiger charge is -2.34. The second-order valence-electron chi connectivity index (χ2n) is 5.47. The van der Waals surface area contributed by atoms with Crippen molar-refractivity contribution in [2.24, 2.45) is 0 Å². The van der Waals surface area contributed by atoms with E-state index in [2.05, 4.69) is 22.1 Å². The number of nitrogens with zero attached hydrogens (tertiary/aromatic N) is 2. The van der Waals surface area contributed by atoms with Crippen LogP contribution in [0.1, 0.15) is 37.4 Å². The van der Waals surface area contributed by atoms with Gasteiger partial charge in [0.1, 0.15) is 5.15 Å². The third kappa shape index (κ3) is 4.08. The molecule has 1 aliphatic heterocycles. The number of aromatic nitrogens is 1. The summed E-state index contributed by atoms with van der Waals surface area (Å²) in [5.74, 6) is 0. The molecule has 0 aliphatic carbocycles. The SMILES string of the molecule is CCCN(Cc1c(Cl)cc(C)nc1Cl)C1CCNCC1. The van der Waals surface area contributed by atoms with Crippen molar-refractivity contribution in [1.29, 1.82) is 0 Å². The van der Waals surface area contributed by atoms with Gasteiger partial charge in [0.2, 0.25) is 0 Å². The number of rotatable bonds is 5. The predicted molar refractivity (Wildman–Crippen MR) is 85.6 cm³/mol. The summed E-state index contributed by atoms with van der Waals surface area (Å²) in [5.41, 5.74) is 1.83. The third-order valence-corrected chi connectivity index (χ3v) is 4.49. The average molecular weight is 316 g/mol. The van der Waals surface area contributed by atoms with Gasteiger partial charge in [0.05, 0.1) is 0 Å². The van der Waals surface area contributed by atoms with Crippen LogP contribution in [0.4, 0.5) is 0 Å². The standard InChI is InChI=1S/C15H23Cl2N3/c1-3-8-20(12-4-6-18-7-5-12)10-13-14(16)9-11(2)19-15(13)17/h9,12,18H,3-8,10H2,1-2H3. The van der Waals surface area contributed by atoms with Crippen LogP contribution in [-0.2, 0) is 6.54 Å². The van der Waals surface area contributed by atoms with E-state index in [1.54, 1.807) is 0 Å². The highest BCUT2D eigenvalue weighted by atomic mass is 35.5. The van der Waals surface area contributed by atoms with Crippen LogP contribution in [0.15, 0.2) is 6.07 Å². The van der Waals surface area contributed by atoms with Crippen molar-refractivity contribution in [2.45, 2.75) is 45.7 Å². The van der Waals surface area contributed by atoms with Gasteiger partial charge >= 0.3 is 0 Å². The quantitative estimate of drug-likeness (QED) is 0.840. The van der Waals surface area contributed by atoms with Gasteiger partial charge in [-0.3, -0.25) is 4.90 Å². The third-order valence-electron chi connectivity index (χ3n) is 3.84. The Labute approximate surface area is 131 Å². The lowest BCUT2D eigenvalue weighted by molar-refractivity contribution is 0.154. The summed E-state index contributed by atoms with van der Waals surface area (Å²) in [4.78, 5) is 6.84. The van der Waals surface area contributed by atoms with Gasteiger partial charge in [-0.1, -0.05) is 30.1 Å². The van der Waals surface area contributed by atoms with E-state index in [4.69, 9.17) is 23.2 Å². The molecule has 1 aromatic heterocycles. The van der Waals surface area contributed by atoms with E-state index in [-0.39, 0.29) is 0 Å². The van der Waals surface area contributed by atoms with Crippen molar-refractivity contribution < 1.29 is 0 Å². The Morgan fingerprint density at radius 1 is 1.35 bits per heavy atom. The van der Waals surface area contributed by atoms with Gasteiger partial charge in [0.15, 0.2) is 0 Å². The van der Waals surface area contributed by atoms with Crippen LogP contribution in [0, 0.1) is 6.92 Å². The van der Waals surface area contributed by atoms with E-state index in [0.717, 1.165) is 48.9 Å². The van der Waals surface area contributed by atoms with Crippen LogP contribution in [-0.4, -0.2) is 35.6 Å². The van der Waals surface area contributed by atoms with Crippen molar-refractivity contribution in [1.82, 2.24) is 15.2 Å². The van der Waals surface area contributed by atoms with Crippen LogP contribution in [0.3, 0.4) is 0 Å². The van der Waals surface area contributed by atoms with Crippen LogP contribution in [0.5, 0.6) is 0 Å². The minimum atomic E-state index is 0.546. The summed E-state index contributed by atoms with van der Waals surface area (Å²) in [5, 5.41) is 4.69. The molecular formula is C15H23Cl2N3. The Morgan fingerprint density at radius 3 is 2.65 bits per heavy atom. The fourth-order valence-electron chi connectivity index (χ4n) is 2.82. The highest BCUT2D eigenvalue weighted by molar-refractivity contribution is 6.35. The molecule has 2 heterocycles. The second-order valence-corrected chi connectivity index (χ2v) is 6.23. The molecule has 2 rings (SSSR count). The number of piperidine rings is 1. The van der Waals surface area contributed by atoms with Crippen molar-refractivity contribution in [3.8, 4) is 0 Å². The molecule has 1 N–H and O–H groups in total. The zero-order valence-electron chi connectivity index (χ0n) is 12.3. The monoisotopic (exact) mass is 315 g/mol. The molecule has 0 atom stereocenters. The number of pyridine rings is 1. The number of nitrogens with one attached hydrogen (secondary N) is 1. The molecule has 0 bridgehead atoms. The normalized spacial score (nSPS) is 16.9. The molecule has 3 nitrogen and oxygen atoms in total. The summed E-state index contributed by atoms with van der Waals surface area (Å²) in [7, 11) is 0. The van der Waals surface area contributed by atoms with Crippen LogP contribution in [0.2, 0.25) is 10.2 Å². The molecule has 1 saturated heterocycles. The van der Waals surface area contributed by atoms with E-state index < -0.39 is 0 Å². The first-order valence-corrected chi connectivity index (χ1v) is 8.13. The summed E-state index contributed by atoms with van der Waals surface area (Å²) in [6.07, 6.45) is 3.52. The average Bonchev–Trinajstić information content (AvgIpc) is 2.42. The molecule has 0 unspecified atom stereocenters. The van der Waals surface area contributed by atoms with E-state index in [1.165, 1.54) is 12.8 Å². The first-order chi connectivity index (χ1) is 9.61. The summed E-state index contributed by atoms with van der Waals surface area (Å²) in [6.45, 7) is 8.19. The number of hydrogen-bond acceptors (Lipinski definition) is 3. The molecule has 0 spiro atoms. The smallest absolute Gasteiger partial charge is 0.135 e. The van der Waals surface area contributed by atoms with Gasteiger partial charge in [-0.15, -0.1) is 0 Å². The molecule has 1 fully saturated rings. The van der Waals surface area contributed by atoms with Gasteiger partial charge in [-0.05, 0) is 51.9 Å². The van der Waals surface area contributed by atoms with E-state index >= 15 is 0 Å². The first kappa shape index (κ1) is 16.0. The van der Waals surface area contributed by atoms with Crippen molar-refractivity contribution in [3.05, 3.63) is 27.5 Å². The Morgan fingerprint density at radius 2 is 2.05 bits per heavy atom. The highest BCUT2D eigenvalue weighted by Gasteiger charge is 2.22. The fraction of sp³-hybridized carbons (Fsp3) is 0.667. The fourth-order valence-corrected chi connectivity index (χ4v) is 3.47. The molecule has 0 amide bonds. The van der Waals surface area contributed by atoms with Crippen LogP contribution < -0.4 is 5.32 Å². The lowest BCUT2D eigenvalue weighted by Crippen LogP contribution is -2.43. The highest BCUT2D eigenvalue weighted by Crippen LogP contribution is 2.27. The molecule has 5 heteroatoms. The Balaban J connectivity index is 2.15. The van der Waals surface area contributed by atoms with E-state index in [0.29, 0.717) is 11.2 Å². The van der Waals surface area contributed by atoms with Gasteiger partial charge in [0, 0.05) is 28.9 Å². The zero-order chi connectivity index (χ0) is 14.5. The number of aryl methyl sites for hydroxylation is 1. The largest absolute Gasteiger partial charge is 0.317 e. The molecular weight excluding hydrogens is 293 g/mol. The van der Waals surface area contributed by atoms with Gasteiger partial charge in [-0.25, -0.2) is 4.98 Å². The van der Waals surface area contributed by atoms with E-state index in [9.17, 15) is 0 Å². The maximum Gasteiger partial charge on any atom is 0.135 e. The molecule has 112 valence electrons. The summed E-state index contributed by atoms with van der Waals surface area (Å²) >= 11 is 12.6. The van der Waals surface area contributed by atoms with E-state index in [1.807, 2.05) is 13.0 Å². The minimum Gasteiger partial charge on any atom is -0.317 e. The van der Waals surface area contributed by atoms with Crippen LogP contribution in [0.25, 0.3) is 0 Å². The number of hydrogen-bond donors (Lipinski definition) is 1. The molecule has 0 aromatic carbocycles. The van der Waals surface area contributed by atoms with Gasteiger partial charge in [-0.2, -0.15) is 0 Å². The Hall–Kier alpha value is -0.350. The minimum absolute atomic E-state index is 0.546. The molecule has 20 heavy (non-hydrogen) atoms.